The zero-order valence-electron chi connectivity index (χ0n) is 13.6. The zero-order chi connectivity index (χ0) is 16.9. The minimum Gasteiger partial charge on any atom is -0.390 e. The van der Waals surface area contributed by atoms with Crippen molar-refractivity contribution in [2.45, 2.75) is 44.4 Å². The Hall–Kier alpha value is -1.87. The molecule has 4 atom stereocenters. The number of nitrogens with one attached hydrogen (secondary N) is 1. The lowest BCUT2D eigenvalue weighted by atomic mass is 10.1. The van der Waals surface area contributed by atoms with Crippen LogP contribution in [-0.4, -0.2) is 55.6 Å². The number of methoxy groups -OCH3 is 1. The van der Waals surface area contributed by atoms with E-state index in [-0.39, 0.29) is 12.0 Å². The van der Waals surface area contributed by atoms with E-state index in [0.717, 1.165) is 11.3 Å². The highest BCUT2D eigenvalue weighted by Crippen LogP contribution is 2.28. The van der Waals surface area contributed by atoms with E-state index in [9.17, 15) is 10.2 Å². The van der Waals surface area contributed by atoms with Crippen molar-refractivity contribution in [1.29, 1.82) is 0 Å². The third-order valence-electron chi connectivity index (χ3n) is 4.39. The number of hydrogen-bond acceptors (Lipinski definition) is 7. The van der Waals surface area contributed by atoms with E-state index in [0.29, 0.717) is 26.1 Å². The minimum absolute atomic E-state index is 0.0801. The van der Waals surface area contributed by atoms with Crippen molar-refractivity contribution >= 4 is 0 Å². The predicted octanol–water partition coefficient (Wildman–Crippen LogP) is -0.280. The molecule has 3 N–H and O–H groups in total. The fourth-order valence-corrected chi connectivity index (χ4v) is 3.14. The van der Waals surface area contributed by atoms with Crippen LogP contribution in [0.4, 0.5) is 0 Å². The molecule has 130 valence electrons. The van der Waals surface area contributed by atoms with E-state index in [1.165, 1.54) is 0 Å². The summed E-state index contributed by atoms with van der Waals surface area (Å²) in [4.78, 5) is 4.07. The molecule has 8 heteroatoms. The molecular formula is C16H23N5O3. The maximum absolute atomic E-state index is 10.3. The second kappa shape index (κ2) is 7.80. The van der Waals surface area contributed by atoms with Gasteiger partial charge < -0.3 is 20.3 Å². The summed E-state index contributed by atoms with van der Waals surface area (Å²) in [6, 6.07) is 3.69. The molecule has 1 fully saturated rings. The third kappa shape index (κ3) is 3.96. The number of nitrogens with zero attached hydrogens (tertiary/aromatic N) is 4. The summed E-state index contributed by atoms with van der Waals surface area (Å²) in [5, 5.41) is 31.9. The van der Waals surface area contributed by atoms with E-state index < -0.39 is 12.2 Å². The largest absolute Gasteiger partial charge is 0.390 e. The van der Waals surface area contributed by atoms with E-state index in [2.05, 4.69) is 20.6 Å². The molecule has 0 amide bonds. The minimum atomic E-state index is -0.798. The van der Waals surface area contributed by atoms with Gasteiger partial charge in [-0.25, -0.2) is 0 Å². The molecular weight excluding hydrogens is 310 g/mol. The Bertz CT molecular complexity index is 636. The van der Waals surface area contributed by atoms with E-state index >= 15 is 0 Å². The Morgan fingerprint density at radius 1 is 1.38 bits per heavy atom. The molecule has 0 bridgehead atoms. The highest BCUT2D eigenvalue weighted by atomic mass is 16.5. The lowest BCUT2D eigenvalue weighted by Gasteiger charge is -2.18. The number of aliphatic hydroxyl groups excluding tert-OH is 2. The molecule has 0 aromatic carbocycles. The van der Waals surface area contributed by atoms with Crippen molar-refractivity contribution in [3.63, 3.8) is 0 Å². The van der Waals surface area contributed by atoms with Crippen LogP contribution in [0.1, 0.15) is 17.7 Å². The maximum Gasteiger partial charge on any atom is 0.108 e. The maximum atomic E-state index is 10.3. The lowest BCUT2D eigenvalue weighted by Crippen LogP contribution is -2.39. The van der Waals surface area contributed by atoms with Gasteiger partial charge in [-0.1, -0.05) is 11.3 Å². The first kappa shape index (κ1) is 17.0. The van der Waals surface area contributed by atoms with Crippen LogP contribution in [0.5, 0.6) is 0 Å². The third-order valence-corrected chi connectivity index (χ3v) is 4.39. The van der Waals surface area contributed by atoms with Gasteiger partial charge >= 0.3 is 0 Å². The summed E-state index contributed by atoms with van der Waals surface area (Å²) in [5.74, 6) is -0.0801. The highest BCUT2D eigenvalue weighted by molar-refractivity contribution is 5.09. The molecule has 0 radical (unpaired) electrons. The van der Waals surface area contributed by atoms with E-state index in [1.807, 2.05) is 12.1 Å². The molecule has 2 aromatic heterocycles. The van der Waals surface area contributed by atoms with Crippen LogP contribution in [0.2, 0.25) is 0 Å². The lowest BCUT2D eigenvalue weighted by molar-refractivity contribution is 0.00721. The van der Waals surface area contributed by atoms with Crippen LogP contribution in [0.25, 0.3) is 0 Å². The number of aromatic nitrogens is 4. The first-order chi connectivity index (χ1) is 11.7. The van der Waals surface area contributed by atoms with Gasteiger partial charge in [-0.2, -0.15) is 0 Å². The number of aliphatic hydroxyl groups is 2. The quantitative estimate of drug-likeness (QED) is 0.640. The Morgan fingerprint density at radius 2 is 2.25 bits per heavy atom. The van der Waals surface area contributed by atoms with Gasteiger partial charge in [-0.3, -0.25) is 9.67 Å². The standard InChI is InChI=1S/C16H23N5O3/c1-24-10-13-9-21(20-19-13)8-12-5-14(16(23)15(12)22)18-7-11-3-2-4-17-6-11/h2-4,6,9,12,14-16,18,22-23H,5,7-8,10H2,1H3. The van der Waals surface area contributed by atoms with Crippen LogP contribution >= 0.6 is 0 Å². The van der Waals surface area contributed by atoms with Crippen LogP contribution in [0.15, 0.2) is 30.7 Å². The van der Waals surface area contributed by atoms with Crippen molar-refractivity contribution < 1.29 is 14.9 Å². The number of pyridine rings is 1. The SMILES string of the molecule is COCc1cn(CC2CC(NCc3cccnc3)C(O)C2O)nn1. The Morgan fingerprint density at radius 3 is 3.00 bits per heavy atom. The highest BCUT2D eigenvalue weighted by Gasteiger charge is 2.41. The van der Waals surface area contributed by atoms with Gasteiger partial charge in [0, 0.05) is 44.6 Å². The topological polar surface area (TPSA) is 105 Å². The monoisotopic (exact) mass is 333 g/mol. The summed E-state index contributed by atoms with van der Waals surface area (Å²) >= 11 is 0. The van der Waals surface area contributed by atoms with Crippen molar-refractivity contribution in [1.82, 2.24) is 25.3 Å². The molecule has 0 saturated heterocycles. The fraction of sp³-hybridized carbons (Fsp3) is 0.562. The molecule has 1 aliphatic rings. The summed E-state index contributed by atoms with van der Waals surface area (Å²) in [7, 11) is 1.61. The van der Waals surface area contributed by atoms with Gasteiger partial charge in [0.15, 0.2) is 0 Å². The predicted molar refractivity (Wildman–Crippen MR) is 85.7 cm³/mol. The van der Waals surface area contributed by atoms with Crippen molar-refractivity contribution in [3.8, 4) is 0 Å². The second-order valence-corrected chi connectivity index (χ2v) is 6.19. The molecule has 0 aliphatic heterocycles. The molecule has 2 aromatic rings. The molecule has 2 heterocycles. The molecule has 1 saturated carbocycles. The Balaban J connectivity index is 1.55. The smallest absolute Gasteiger partial charge is 0.108 e. The van der Waals surface area contributed by atoms with Gasteiger partial charge in [0.05, 0.1) is 25.0 Å². The first-order valence-corrected chi connectivity index (χ1v) is 8.03. The zero-order valence-corrected chi connectivity index (χ0v) is 13.6. The van der Waals surface area contributed by atoms with Crippen LogP contribution < -0.4 is 5.32 Å². The normalized spacial score (nSPS) is 26.8. The Kier molecular flexibility index (Phi) is 5.52. The molecule has 4 unspecified atom stereocenters. The average Bonchev–Trinajstić information content (AvgIpc) is 3.14. The van der Waals surface area contributed by atoms with Gasteiger partial charge in [0.2, 0.25) is 0 Å². The second-order valence-electron chi connectivity index (χ2n) is 6.19. The van der Waals surface area contributed by atoms with Gasteiger partial charge in [-0.15, -0.1) is 5.10 Å². The van der Waals surface area contributed by atoms with Crippen LogP contribution in [0, 0.1) is 5.92 Å². The average molecular weight is 333 g/mol. The molecule has 24 heavy (non-hydrogen) atoms. The number of rotatable bonds is 7. The summed E-state index contributed by atoms with van der Waals surface area (Å²) in [6.45, 7) is 1.53. The Labute approximate surface area is 140 Å². The fourth-order valence-electron chi connectivity index (χ4n) is 3.14. The number of hydrogen-bond donors (Lipinski definition) is 3. The molecule has 8 nitrogen and oxygen atoms in total. The van der Waals surface area contributed by atoms with Crippen LogP contribution in [0.3, 0.4) is 0 Å². The summed E-state index contributed by atoms with van der Waals surface area (Å²) in [6.07, 6.45) is 4.40. The molecule has 3 rings (SSSR count). The number of ether oxygens (including phenoxy) is 1. The van der Waals surface area contributed by atoms with Gasteiger partial charge in [0.1, 0.15) is 5.69 Å². The molecule has 1 aliphatic carbocycles. The van der Waals surface area contributed by atoms with Crippen molar-refractivity contribution in [2.75, 3.05) is 7.11 Å². The summed E-state index contributed by atoms with van der Waals surface area (Å²) in [5.41, 5.74) is 1.79. The molecule has 0 spiro atoms. The van der Waals surface area contributed by atoms with E-state index in [4.69, 9.17) is 4.74 Å². The first-order valence-electron chi connectivity index (χ1n) is 8.03. The van der Waals surface area contributed by atoms with Crippen molar-refractivity contribution in [3.05, 3.63) is 42.0 Å². The summed E-state index contributed by atoms with van der Waals surface area (Å²) < 4.78 is 6.71. The van der Waals surface area contributed by atoms with Crippen molar-refractivity contribution in [2.24, 2.45) is 5.92 Å². The van der Waals surface area contributed by atoms with Crippen LogP contribution in [-0.2, 0) is 24.4 Å². The van der Waals surface area contributed by atoms with Gasteiger partial charge in [-0.05, 0) is 18.1 Å². The van der Waals surface area contributed by atoms with Gasteiger partial charge in [0.25, 0.3) is 0 Å². The van der Waals surface area contributed by atoms with E-state index in [1.54, 1.807) is 30.4 Å².